The monoisotopic (exact) mass is 286 g/mol. The van der Waals surface area contributed by atoms with Crippen molar-refractivity contribution in [3.05, 3.63) is 25.3 Å². The number of rotatable bonds is 8. The molecule has 0 spiro atoms. The second-order valence-corrected chi connectivity index (χ2v) is 3.62. The number of carboxylic acid groups (broad SMARTS) is 1. The molecule has 0 aromatic rings. The summed E-state index contributed by atoms with van der Waals surface area (Å²) in [6.45, 7) is 6.81. The van der Waals surface area contributed by atoms with E-state index < -0.39 is 42.7 Å². The van der Waals surface area contributed by atoms with Crippen LogP contribution in [0.3, 0.4) is 0 Å². The smallest absolute Gasteiger partial charge is 0.333 e. The van der Waals surface area contributed by atoms with Crippen LogP contribution in [0.15, 0.2) is 25.3 Å². The second-order valence-electron chi connectivity index (χ2n) is 3.62. The molecule has 0 radical (unpaired) electrons. The Hall–Kier alpha value is -2.64. The Morgan fingerprint density at radius 2 is 1.65 bits per heavy atom. The van der Waals surface area contributed by atoms with Crippen LogP contribution in [0.1, 0.15) is 13.3 Å². The summed E-state index contributed by atoms with van der Waals surface area (Å²) >= 11 is 0. The molecule has 20 heavy (non-hydrogen) atoms. The van der Waals surface area contributed by atoms with Crippen LogP contribution in [0.25, 0.3) is 0 Å². The van der Waals surface area contributed by atoms with Crippen molar-refractivity contribution in [2.45, 2.75) is 19.1 Å². The first-order chi connectivity index (χ1) is 9.22. The number of carboxylic acids is 1. The van der Waals surface area contributed by atoms with Gasteiger partial charge in [0.2, 0.25) is 0 Å². The molecule has 8 nitrogen and oxygen atoms in total. The Balaban J connectivity index is 4.84. The summed E-state index contributed by atoms with van der Waals surface area (Å²) in [5, 5.41) is 8.44. The molecule has 0 aliphatic carbocycles. The zero-order chi connectivity index (χ0) is 15.8. The van der Waals surface area contributed by atoms with E-state index in [4.69, 9.17) is 14.6 Å². The van der Waals surface area contributed by atoms with Gasteiger partial charge >= 0.3 is 23.9 Å². The molecule has 0 saturated heterocycles. The quantitative estimate of drug-likeness (QED) is 0.290. The highest BCUT2D eigenvalue weighted by Gasteiger charge is 2.35. The standard InChI is InChI=1S/C12H14O8/c1-4-9(15)18-7-12(3,19-10(16)5-2)20-11(17)6-8(13)14/h4-5H,1-2,6-7H2,3H3,(H,13,14). The number of ether oxygens (including phenoxy) is 3. The van der Waals surface area contributed by atoms with Crippen molar-refractivity contribution < 1.29 is 38.5 Å². The van der Waals surface area contributed by atoms with Gasteiger partial charge in [0.15, 0.2) is 6.61 Å². The van der Waals surface area contributed by atoms with Gasteiger partial charge in [-0.25, -0.2) is 9.59 Å². The average Bonchev–Trinajstić information content (AvgIpc) is 2.34. The Kier molecular flexibility index (Phi) is 6.70. The maximum absolute atomic E-state index is 11.3. The fourth-order valence-corrected chi connectivity index (χ4v) is 0.996. The SMILES string of the molecule is C=CC(=O)OCC(C)(OC(=O)C=C)OC(=O)CC(=O)O. The minimum atomic E-state index is -1.96. The van der Waals surface area contributed by atoms with E-state index in [1.54, 1.807) is 0 Å². The fourth-order valence-electron chi connectivity index (χ4n) is 0.996. The normalized spacial score (nSPS) is 12.4. The molecule has 0 aliphatic heterocycles. The molecule has 0 fully saturated rings. The van der Waals surface area contributed by atoms with E-state index >= 15 is 0 Å². The average molecular weight is 286 g/mol. The van der Waals surface area contributed by atoms with Crippen molar-refractivity contribution in [3.8, 4) is 0 Å². The predicted octanol–water partition coefficient (Wildman–Crippen LogP) is 0.179. The first-order valence-corrected chi connectivity index (χ1v) is 5.30. The van der Waals surface area contributed by atoms with E-state index in [1.165, 1.54) is 0 Å². The molecule has 0 rings (SSSR count). The maximum atomic E-state index is 11.3. The van der Waals surface area contributed by atoms with Gasteiger partial charge in [0.1, 0.15) is 6.42 Å². The summed E-state index contributed by atoms with van der Waals surface area (Å²) in [6.07, 6.45) is 0.726. The lowest BCUT2D eigenvalue weighted by molar-refractivity contribution is -0.233. The van der Waals surface area contributed by atoms with Crippen molar-refractivity contribution in [3.63, 3.8) is 0 Å². The third-order valence-corrected chi connectivity index (χ3v) is 1.75. The highest BCUT2D eigenvalue weighted by atomic mass is 16.7. The Bertz CT molecular complexity index is 439. The van der Waals surface area contributed by atoms with Crippen LogP contribution in [0.5, 0.6) is 0 Å². The molecule has 1 N–H and O–H groups in total. The van der Waals surface area contributed by atoms with Gasteiger partial charge in [0, 0.05) is 19.1 Å². The molecule has 0 bridgehead atoms. The van der Waals surface area contributed by atoms with Crippen molar-refractivity contribution >= 4 is 23.9 Å². The number of esters is 3. The van der Waals surface area contributed by atoms with Gasteiger partial charge in [-0.05, 0) is 0 Å². The van der Waals surface area contributed by atoms with Gasteiger partial charge in [0.05, 0.1) is 0 Å². The molecule has 8 heteroatoms. The van der Waals surface area contributed by atoms with E-state index in [0.717, 1.165) is 19.1 Å². The summed E-state index contributed by atoms with van der Waals surface area (Å²) in [4.78, 5) is 43.7. The lowest BCUT2D eigenvalue weighted by Crippen LogP contribution is -2.42. The number of aliphatic carboxylic acids is 1. The van der Waals surface area contributed by atoms with Gasteiger partial charge in [-0.1, -0.05) is 13.2 Å². The fraction of sp³-hybridized carbons (Fsp3) is 0.333. The zero-order valence-electron chi connectivity index (χ0n) is 10.8. The van der Waals surface area contributed by atoms with Crippen LogP contribution in [0, 0.1) is 0 Å². The zero-order valence-corrected chi connectivity index (χ0v) is 10.8. The molecule has 0 heterocycles. The maximum Gasteiger partial charge on any atom is 0.333 e. The highest BCUT2D eigenvalue weighted by Crippen LogP contribution is 2.15. The molecule has 0 saturated carbocycles. The van der Waals surface area contributed by atoms with Crippen molar-refractivity contribution in [1.29, 1.82) is 0 Å². The predicted molar refractivity (Wildman–Crippen MR) is 64.2 cm³/mol. The molecule has 0 aromatic carbocycles. The molecule has 110 valence electrons. The van der Waals surface area contributed by atoms with E-state index in [1.807, 2.05) is 0 Å². The van der Waals surface area contributed by atoms with Crippen LogP contribution in [0.2, 0.25) is 0 Å². The Morgan fingerprint density at radius 1 is 1.10 bits per heavy atom. The number of hydrogen-bond acceptors (Lipinski definition) is 7. The topological polar surface area (TPSA) is 116 Å². The van der Waals surface area contributed by atoms with Gasteiger partial charge in [-0.3, -0.25) is 9.59 Å². The van der Waals surface area contributed by atoms with Gasteiger partial charge in [-0.2, -0.15) is 0 Å². The summed E-state index contributed by atoms with van der Waals surface area (Å²) in [5.41, 5.74) is 0. The van der Waals surface area contributed by atoms with Crippen LogP contribution in [-0.4, -0.2) is 41.4 Å². The van der Waals surface area contributed by atoms with Gasteiger partial charge in [-0.15, -0.1) is 0 Å². The number of hydrogen-bond donors (Lipinski definition) is 1. The third-order valence-electron chi connectivity index (χ3n) is 1.75. The lowest BCUT2D eigenvalue weighted by atomic mass is 10.3. The summed E-state index contributed by atoms with van der Waals surface area (Å²) in [6, 6.07) is 0. The number of carbonyl (C=O) groups excluding carboxylic acids is 3. The Labute approximate surface area is 114 Å². The van der Waals surface area contributed by atoms with E-state index in [-0.39, 0.29) is 0 Å². The van der Waals surface area contributed by atoms with Crippen molar-refractivity contribution in [2.75, 3.05) is 6.61 Å². The van der Waals surface area contributed by atoms with E-state index in [9.17, 15) is 19.2 Å². The molecule has 0 aliphatic rings. The summed E-state index contributed by atoms with van der Waals surface area (Å²) in [5.74, 6) is -6.32. The first-order valence-electron chi connectivity index (χ1n) is 5.30. The van der Waals surface area contributed by atoms with Crippen LogP contribution < -0.4 is 0 Å². The molecule has 0 amide bonds. The van der Waals surface area contributed by atoms with Crippen LogP contribution >= 0.6 is 0 Å². The highest BCUT2D eigenvalue weighted by molar-refractivity contribution is 5.90. The van der Waals surface area contributed by atoms with Crippen molar-refractivity contribution in [1.82, 2.24) is 0 Å². The number of carbonyl (C=O) groups is 4. The minimum Gasteiger partial charge on any atom is -0.481 e. The Morgan fingerprint density at radius 3 is 2.10 bits per heavy atom. The minimum absolute atomic E-state index is 0.622. The summed E-state index contributed by atoms with van der Waals surface area (Å²) < 4.78 is 14.0. The largest absolute Gasteiger partial charge is 0.481 e. The molecule has 0 aromatic heterocycles. The van der Waals surface area contributed by atoms with Gasteiger partial charge in [0.25, 0.3) is 5.79 Å². The van der Waals surface area contributed by atoms with E-state index in [0.29, 0.717) is 0 Å². The molecular weight excluding hydrogens is 272 g/mol. The first kappa shape index (κ1) is 17.4. The lowest BCUT2D eigenvalue weighted by Gasteiger charge is -2.27. The van der Waals surface area contributed by atoms with Gasteiger partial charge < -0.3 is 19.3 Å². The molecular formula is C12H14O8. The summed E-state index contributed by atoms with van der Waals surface area (Å²) in [7, 11) is 0. The third kappa shape index (κ3) is 6.94. The van der Waals surface area contributed by atoms with Crippen molar-refractivity contribution in [2.24, 2.45) is 0 Å². The molecule has 1 unspecified atom stereocenters. The van der Waals surface area contributed by atoms with Crippen LogP contribution in [-0.2, 0) is 33.4 Å². The second kappa shape index (κ2) is 7.72. The molecule has 1 atom stereocenters. The van der Waals surface area contributed by atoms with E-state index in [2.05, 4.69) is 17.9 Å². The van der Waals surface area contributed by atoms with Crippen LogP contribution in [0.4, 0.5) is 0 Å².